The van der Waals surface area contributed by atoms with Gasteiger partial charge in [0.2, 0.25) is 6.10 Å². The van der Waals surface area contributed by atoms with Crippen LogP contribution in [0.3, 0.4) is 0 Å². The summed E-state index contributed by atoms with van der Waals surface area (Å²) < 4.78 is 43.2. The van der Waals surface area contributed by atoms with Crippen molar-refractivity contribution >= 4 is 12.4 Å². The highest BCUT2D eigenvalue weighted by Gasteiger charge is 2.64. The third-order valence-corrected chi connectivity index (χ3v) is 3.47. The Morgan fingerprint density at radius 2 is 1.85 bits per heavy atom. The van der Waals surface area contributed by atoms with Crippen LogP contribution in [0.15, 0.2) is 24.3 Å². The van der Waals surface area contributed by atoms with Crippen LogP contribution < -0.4 is 0 Å². The molecule has 20 heavy (non-hydrogen) atoms. The van der Waals surface area contributed by atoms with E-state index in [9.17, 15) is 22.8 Å². The Kier molecular flexibility index (Phi) is 3.45. The Bertz CT molecular complexity index is 517. The number of rotatable bonds is 5. The normalized spacial score (nSPS) is 18.1. The minimum absolute atomic E-state index is 0.00913. The van der Waals surface area contributed by atoms with E-state index in [-0.39, 0.29) is 30.4 Å². The minimum atomic E-state index is -4.32. The Balaban J connectivity index is 2.27. The number of hydrogen-bond donors (Lipinski definition) is 1. The number of hydrogen-bond acceptors (Lipinski definition) is 3. The van der Waals surface area contributed by atoms with E-state index in [4.69, 9.17) is 5.11 Å². The maximum absolute atomic E-state index is 12.9. The molecule has 0 heterocycles. The van der Waals surface area contributed by atoms with Gasteiger partial charge in [-0.1, -0.05) is 24.3 Å². The van der Waals surface area contributed by atoms with Crippen LogP contribution in [0.4, 0.5) is 13.2 Å². The predicted molar refractivity (Wildman–Crippen MR) is 60.9 cm³/mol. The Morgan fingerprint density at radius 1 is 1.30 bits per heavy atom. The zero-order valence-electron chi connectivity index (χ0n) is 10.2. The second-order valence-electron chi connectivity index (χ2n) is 4.65. The molecule has 0 aromatic heterocycles. The number of carbonyl (C=O) groups excluding carboxylic acids is 1. The molecule has 1 saturated carbocycles. The first-order valence-corrected chi connectivity index (χ1v) is 5.81. The molecule has 1 unspecified atom stereocenters. The van der Waals surface area contributed by atoms with Gasteiger partial charge in [-0.05, 0) is 18.4 Å². The van der Waals surface area contributed by atoms with E-state index in [1.807, 2.05) is 0 Å². The topological polar surface area (TPSA) is 63.6 Å². The van der Waals surface area contributed by atoms with Crippen molar-refractivity contribution in [1.29, 1.82) is 0 Å². The molecule has 1 fully saturated rings. The summed E-state index contributed by atoms with van der Waals surface area (Å²) in [5.41, 5.74) is -1.59. The van der Waals surface area contributed by atoms with Crippen molar-refractivity contribution in [3.63, 3.8) is 0 Å². The van der Waals surface area contributed by atoms with Crippen molar-refractivity contribution in [1.82, 2.24) is 0 Å². The number of ether oxygens (including phenoxy) is 1. The molecule has 108 valence electrons. The SMILES string of the molecule is O=COC(C(=O)O)c1ccc(C2(C(F)(F)F)CC2)cc1. The van der Waals surface area contributed by atoms with E-state index in [1.54, 1.807) is 0 Å². The van der Waals surface area contributed by atoms with Gasteiger partial charge in [0, 0.05) is 5.56 Å². The van der Waals surface area contributed by atoms with E-state index in [0.29, 0.717) is 0 Å². The maximum atomic E-state index is 12.9. The van der Waals surface area contributed by atoms with Crippen molar-refractivity contribution in [2.24, 2.45) is 0 Å². The number of carboxylic acid groups (broad SMARTS) is 1. The molecule has 1 aromatic rings. The van der Waals surface area contributed by atoms with Gasteiger partial charge < -0.3 is 9.84 Å². The summed E-state index contributed by atoms with van der Waals surface area (Å²) >= 11 is 0. The molecule has 2 rings (SSSR count). The molecule has 0 radical (unpaired) electrons. The molecule has 4 nitrogen and oxygen atoms in total. The number of carboxylic acids is 1. The zero-order valence-corrected chi connectivity index (χ0v) is 10.2. The van der Waals surface area contributed by atoms with Crippen LogP contribution in [0, 0.1) is 0 Å². The second-order valence-corrected chi connectivity index (χ2v) is 4.65. The fraction of sp³-hybridized carbons (Fsp3) is 0.385. The first-order valence-electron chi connectivity index (χ1n) is 5.81. The summed E-state index contributed by atoms with van der Waals surface area (Å²) in [6.07, 6.45) is -5.77. The van der Waals surface area contributed by atoms with Crippen molar-refractivity contribution in [2.75, 3.05) is 0 Å². The standard InChI is InChI=1S/C13H11F3O4/c14-13(15,16)12(5-6-12)9-3-1-8(2-4-9)10(11(18)19)20-7-17/h1-4,7,10H,5-6H2,(H,18,19). The summed E-state index contributed by atoms with van der Waals surface area (Å²) in [5.74, 6) is -1.39. The first-order chi connectivity index (χ1) is 9.32. The van der Waals surface area contributed by atoms with E-state index in [1.165, 1.54) is 24.3 Å². The largest absolute Gasteiger partial charge is 0.478 e. The van der Waals surface area contributed by atoms with Crippen LogP contribution in [0.5, 0.6) is 0 Å². The summed E-state index contributed by atoms with van der Waals surface area (Å²) in [4.78, 5) is 21.1. The lowest BCUT2D eigenvalue weighted by molar-refractivity contribution is -0.160. The van der Waals surface area contributed by atoms with Crippen LogP contribution in [-0.4, -0.2) is 23.7 Å². The van der Waals surface area contributed by atoms with Crippen molar-refractivity contribution < 1.29 is 32.6 Å². The number of carbonyl (C=O) groups is 2. The quantitative estimate of drug-likeness (QED) is 0.846. The molecule has 0 spiro atoms. The highest BCUT2D eigenvalue weighted by molar-refractivity contribution is 5.75. The third-order valence-electron chi connectivity index (χ3n) is 3.47. The van der Waals surface area contributed by atoms with Crippen LogP contribution in [0.1, 0.15) is 30.1 Å². The molecule has 0 aliphatic heterocycles. The van der Waals surface area contributed by atoms with Crippen molar-refractivity contribution in [2.45, 2.75) is 30.5 Å². The molecular weight excluding hydrogens is 277 g/mol. The monoisotopic (exact) mass is 288 g/mol. The molecule has 0 saturated heterocycles. The summed E-state index contributed by atoms with van der Waals surface area (Å²) in [7, 11) is 0. The number of benzene rings is 1. The molecule has 7 heteroatoms. The number of aliphatic carboxylic acids is 1. The molecular formula is C13H11F3O4. The second kappa shape index (κ2) is 4.81. The van der Waals surface area contributed by atoms with Gasteiger partial charge in [-0.15, -0.1) is 0 Å². The van der Waals surface area contributed by atoms with E-state index in [0.717, 1.165) is 0 Å². The molecule has 1 atom stereocenters. The Labute approximate surface area is 112 Å². The third kappa shape index (κ3) is 2.35. The lowest BCUT2D eigenvalue weighted by Gasteiger charge is -2.20. The minimum Gasteiger partial charge on any atom is -0.478 e. The Hall–Kier alpha value is -2.05. The molecule has 0 amide bonds. The highest BCUT2D eigenvalue weighted by Crippen LogP contribution is 2.58. The van der Waals surface area contributed by atoms with Crippen molar-refractivity contribution in [3.8, 4) is 0 Å². The predicted octanol–water partition coefficient (Wildman–Crippen LogP) is 2.58. The first kappa shape index (κ1) is 14.4. The van der Waals surface area contributed by atoms with E-state index in [2.05, 4.69) is 4.74 Å². The van der Waals surface area contributed by atoms with Crippen LogP contribution >= 0.6 is 0 Å². The number of alkyl halides is 3. The van der Waals surface area contributed by atoms with Gasteiger partial charge in [0.1, 0.15) is 0 Å². The molecule has 1 aliphatic rings. The average molecular weight is 288 g/mol. The van der Waals surface area contributed by atoms with Gasteiger partial charge in [0.25, 0.3) is 6.47 Å². The van der Waals surface area contributed by atoms with Crippen molar-refractivity contribution in [3.05, 3.63) is 35.4 Å². The van der Waals surface area contributed by atoms with Gasteiger partial charge >= 0.3 is 12.1 Å². The van der Waals surface area contributed by atoms with E-state index < -0.39 is 23.7 Å². The molecule has 0 bridgehead atoms. The summed E-state index contributed by atoms with van der Waals surface area (Å²) in [6, 6.07) is 4.95. The average Bonchev–Trinajstić information content (AvgIpc) is 3.16. The van der Waals surface area contributed by atoms with Crippen LogP contribution in [0.25, 0.3) is 0 Å². The van der Waals surface area contributed by atoms with Gasteiger partial charge in [-0.3, -0.25) is 4.79 Å². The maximum Gasteiger partial charge on any atom is 0.398 e. The van der Waals surface area contributed by atoms with Crippen LogP contribution in [0.2, 0.25) is 0 Å². The fourth-order valence-corrected chi connectivity index (χ4v) is 2.17. The highest BCUT2D eigenvalue weighted by atomic mass is 19.4. The summed E-state index contributed by atoms with van der Waals surface area (Å²) in [5, 5.41) is 8.86. The Morgan fingerprint density at radius 3 is 2.20 bits per heavy atom. The molecule has 1 aromatic carbocycles. The molecule has 1 N–H and O–H groups in total. The van der Waals surface area contributed by atoms with Gasteiger partial charge in [0.15, 0.2) is 0 Å². The lowest BCUT2D eigenvalue weighted by Crippen LogP contribution is -2.28. The van der Waals surface area contributed by atoms with E-state index >= 15 is 0 Å². The zero-order chi connectivity index (χ0) is 15.0. The molecule has 1 aliphatic carbocycles. The summed E-state index contributed by atoms with van der Waals surface area (Å²) in [6.45, 7) is -0.00913. The van der Waals surface area contributed by atoms with Gasteiger partial charge in [0.05, 0.1) is 5.41 Å². The van der Waals surface area contributed by atoms with Gasteiger partial charge in [-0.25, -0.2) is 4.79 Å². The van der Waals surface area contributed by atoms with Crippen LogP contribution in [-0.2, 0) is 19.7 Å². The fourth-order valence-electron chi connectivity index (χ4n) is 2.17. The lowest BCUT2D eigenvalue weighted by atomic mass is 9.93. The number of halogens is 3. The van der Waals surface area contributed by atoms with Gasteiger partial charge in [-0.2, -0.15) is 13.2 Å². The smallest absolute Gasteiger partial charge is 0.398 e.